The predicted octanol–water partition coefficient (Wildman–Crippen LogP) is 0.906. The first-order valence-electron chi connectivity index (χ1n) is 6.14. The fraction of sp³-hybridized carbons (Fsp3) is 0.500. The molecule has 5 heteroatoms. The van der Waals surface area contributed by atoms with Gasteiger partial charge in [0.1, 0.15) is 6.61 Å². The highest BCUT2D eigenvalue weighted by Crippen LogP contribution is 2.16. The first-order chi connectivity index (χ1) is 9.06. The number of carbonyl (C=O) groups excluding carboxylic acids is 1. The zero-order valence-corrected chi connectivity index (χ0v) is 12.4. The molecule has 0 aliphatic heterocycles. The molecule has 1 aromatic rings. The SMILES string of the molecule is CNC(=O)C(C)CN(C)Cc1cc(C#CCO)cs1. The quantitative estimate of drug-likeness (QED) is 0.788. The molecule has 19 heavy (non-hydrogen) atoms. The topological polar surface area (TPSA) is 52.6 Å². The van der Waals surface area contributed by atoms with E-state index >= 15 is 0 Å². The zero-order valence-electron chi connectivity index (χ0n) is 11.6. The Balaban J connectivity index is 2.50. The van der Waals surface area contributed by atoms with Crippen molar-refractivity contribution in [3.05, 3.63) is 21.9 Å². The summed E-state index contributed by atoms with van der Waals surface area (Å²) in [6.45, 7) is 3.32. The number of amides is 1. The van der Waals surface area contributed by atoms with Crippen LogP contribution in [-0.2, 0) is 11.3 Å². The molecule has 0 aliphatic rings. The van der Waals surface area contributed by atoms with Crippen LogP contribution in [0.4, 0.5) is 0 Å². The average molecular weight is 280 g/mol. The summed E-state index contributed by atoms with van der Waals surface area (Å²) in [6.07, 6.45) is 0. The summed E-state index contributed by atoms with van der Waals surface area (Å²) in [5, 5.41) is 13.3. The maximum Gasteiger partial charge on any atom is 0.223 e. The monoisotopic (exact) mass is 280 g/mol. The molecule has 0 bridgehead atoms. The molecule has 4 nitrogen and oxygen atoms in total. The van der Waals surface area contributed by atoms with E-state index in [9.17, 15) is 4.79 Å². The molecule has 0 radical (unpaired) electrons. The Hall–Kier alpha value is -1.35. The van der Waals surface area contributed by atoms with Gasteiger partial charge in [-0.3, -0.25) is 4.79 Å². The summed E-state index contributed by atoms with van der Waals surface area (Å²) in [4.78, 5) is 14.8. The Kier molecular flexibility index (Phi) is 6.57. The van der Waals surface area contributed by atoms with Crippen molar-refractivity contribution < 1.29 is 9.90 Å². The minimum absolute atomic E-state index is 0.0244. The van der Waals surface area contributed by atoms with E-state index < -0.39 is 0 Å². The fourth-order valence-electron chi connectivity index (χ4n) is 1.80. The van der Waals surface area contributed by atoms with Gasteiger partial charge >= 0.3 is 0 Å². The predicted molar refractivity (Wildman–Crippen MR) is 77.8 cm³/mol. The molecule has 1 rings (SSSR count). The molecule has 1 amide bonds. The van der Waals surface area contributed by atoms with E-state index in [1.807, 2.05) is 25.4 Å². The van der Waals surface area contributed by atoms with E-state index in [0.717, 1.165) is 18.7 Å². The molecule has 0 saturated heterocycles. The molecular weight excluding hydrogens is 260 g/mol. The second kappa shape index (κ2) is 7.95. The normalized spacial score (nSPS) is 11.8. The second-order valence-electron chi connectivity index (χ2n) is 4.47. The highest BCUT2D eigenvalue weighted by atomic mass is 32.1. The van der Waals surface area contributed by atoms with Crippen LogP contribution >= 0.6 is 11.3 Å². The Bertz CT molecular complexity index is 473. The molecule has 0 aromatic carbocycles. The Labute approximate surface area is 118 Å². The molecule has 0 fully saturated rings. The summed E-state index contributed by atoms with van der Waals surface area (Å²) in [6, 6.07) is 2.02. The van der Waals surface area contributed by atoms with Crippen LogP contribution in [-0.4, -0.2) is 43.2 Å². The van der Waals surface area contributed by atoms with E-state index in [-0.39, 0.29) is 18.4 Å². The van der Waals surface area contributed by atoms with Crippen LogP contribution < -0.4 is 5.32 Å². The second-order valence-corrected chi connectivity index (χ2v) is 5.47. The van der Waals surface area contributed by atoms with Gasteiger partial charge in [0.2, 0.25) is 5.91 Å². The molecule has 2 N–H and O–H groups in total. The van der Waals surface area contributed by atoms with Gasteiger partial charge in [-0.1, -0.05) is 18.8 Å². The van der Waals surface area contributed by atoms with Gasteiger partial charge in [-0.2, -0.15) is 0 Å². The van der Waals surface area contributed by atoms with Crippen LogP contribution in [0.2, 0.25) is 0 Å². The first kappa shape index (κ1) is 15.7. The summed E-state index contributed by atoms with van der Waals surface area (Å²) >= 11 is 1.64. The van der Waals surface area contributed by atoms with Crippen molar-refractivity contribution in [1.82, 2.24) is 10.2 Å². The highest BCUT2D eigenvalue weighted by Gasteiger charge is 2.14. The minimum atomic E-state index is -0.116. The lowest BCUT2D eigenvalue weighted by molar-refractivity contribution is -0.124. The number of hydrogen-bond acceptors (Lipinski definition) is 4. The van der Waals surface area contributed by atoms with Crippen molar-refractivity contribution in [2.24, 2.45) is 5.92 Å². The standard InChI is InChI=1S/C14H20N2O2S/c1-11(14(18)15-2)8-16(3)9-13-7-12(10-19-13)5-4-6-17/h7,10-11,17H,6,8-9H2,1-3H3,(H,15,18). The van der Waals surface area contributed by atoms with Crippen molar-refractivity contribution in [2.75, 3.05) is 27.2 Å². The lowest BCUT2D eigenvalue weighted by atomic mass is 10.1. The van der Waals surface area contributed by atoms with E-state index in [0.29, 0.717) is 0 Å². The van der Waals surface area contributed by atoms with E-state index in [4.69, 9.17) is 5.11 Å². The van der Waals surface area contributed by atoms with Crippen molar-refractivity contribution >= 4 is 17.2 Å². The van der Waals surface area contributed by atoms with E-state index in [2.05, 4.69) is 22.1 Å². The maximum atomic E-state index is 11.4. The number of carbonyl (C=O) groups is 1. The van der Waals surface area contributed by atoms with Gasteiger partial charge in [0, 0.05) is 41.9 Å². The maximum absolute atomic E-state index is 11.4. The third kappa shape index (κ3) is 5.43. The molecule has 1 heterocycles. The minimum Gasteiger partial charge on any atom is -0.384 e. The zero-order chi connectivity index (χ0) is 14.3. The molecule has 0 saturated carbocycles. The van der Waals surface area contributed by atoms with E-state index in [1.165, 1.54) is 4.88 Å². The highest BCUT2D eigenvalue weighted by molar-refractivity contribution is 7.10. The summed E-state index contributed by atoms with van der Waals surface area (Å²) in [7, 11) is 3.66. The fourth-order valence-corrected chi connectivity index (χ4v) is 2.69. The Morgan fingerprint density at radius 1 is 1.63 bits per heavy atom. The molecule has 1 aromatic heterocycles. The summed E-state index contributed by atoms with van der Waals surface area (Å²) < 4.78 is 0. The van der Waals surface area contributed by atoms with Gasteiger partial charge in [0.25, 0.3) is 0 Å². The largest absolute Gasteiger partial charge is 0.384 e. The number of hydrogen-bond donors (Lipinski definition) is 2. The molecule has 104 valence electrons. The lowest BCUT2D eigenvalue weighted by Gasteiger charge is -2.19. The van der Waals surface area contributed by atoms with Crippen molar-refractivity contribution in [1.29, 1.82) is 0 Å². The van der Waals surface area contributed by atoms with Gasteiger partial charge < -0.3 is 15.3 Å². The van der Waals surface area contributed by atoms with E-state index in [1.54, 1.807) is 18.4 Å². The van der Waals surface area contributed by atoms with Crippen molar-refractivity contribution in [3.63, 3.8) is 0 Å². The molecule has 0 aliphatic carbocycles. The summed E-state index contributed by atoms with van der Waals surface area (Å²) in [5.41, 5.74) is 0.932. The number of nitrogens with one attached hydrogen (secondary N) is 1. The van der Waals surface area contributed by atoms with Crippen molar-refractivity contribution in [3.8, 4) is 11.8 Å². The van der Waals surface area contributed by atoms with Crippen LogP contribution in [0.5, 0.6) is 0 Å². The number of thiophene rings is 1. The molecule has 0 spiro atoms. The van der Waals surface area contributed by atoms with Gasteiger partial charge in [0.15, 0.2) is 0 Å². The number of aliphatic hydroxyl groups excluding tert-OH is 1. The number of nitrogens with zero attached hydrogens (tertiary/aromatic N) is 1. The Morgan fingerprint density at radius 2 is 2.37 bits per heavy atom. The number of aliphatic hydroxyl groups is 1. The smallest absolute Gasteiger partial charge is 0.223 e. The average Bonchev–Trinajstić information content (AvgIpc) is 2.82. The lowest BCUT2D eigenvalue weighted by Crippen LogP contribution is -2.34. The van der Waals surface area contributed by atoms with Crippen LogP contribution in [0.3, 0.4) is 0 Å². The number of rotatable bonds is 5. The summed E-state index contributed by atoms with van der Waals surface area (Å²) in [5.74, 6) is 5.55. The van der Waals surface area contributed by atoms with Crippen LogP contribution in [0.1, 0.15) is 17.4 Å². The van der Waals surface area contributed by atoms with Crippen LogP contribution in [0.15, 0.2) is 11.4 Å². The third-order valence-electron chi connectivity index (χ3n) is 2.67. The van der Waals surface area contributed by atoms with Gasteiger partial charge in [0.05, 0.1) is 0 Å². The molecular formula is C14H20N2O2S. The first-order valence-corrected chi connectivity index (χ1v) is 7.02. The van der Waals surface area contributed by atoms with Crippen molar-refractivity contribution in [2.45, 2.75) is 13.5 Å². The van der Waals surface area contributed by atoms with Crippen LogP contribution in [0, 0.1) is 17.8 Å². The van der Waals surface area contributed by atoms with Crippen LogP contribution in [0.25, 0.3) is 0 Å². The van der Waals surface area contributed by atoms with Gasteiger partial charge in [-0.15, -0.1) is 11.3 Å². The molecule has 1 atom stereocenters. The Morgan fingerprint density at radius 3 is 3.00 bits per heavy atom. The molecule has 1 unspecified atom stereocenters. The van der Waals surface area contributed by atoms with Gasteiger partial charge in [-0.05, 0) is 13.1 Å². The van der Waals surface area contributed by atoms with Gasteiger partial charge in [-0.25, -0.2) is 0 Å². The third-order valence-corrected chi connectivity index (χ3v) is 3.59.